The van der Waals surface area contributed by atoms with Crippen LogP contribution in [0.15, 0.2) is 12.7 Å². The van der Waals surface area contributed by atoms with Gasteiger partial charge in [-0.05, 0) is 45.2 Å². The van der Waals surface area contributed by atoms with Crippen molar-refractivity contribution in [2.24, 2.45) is 17.3 Å². The van der Waals surface area contributed by atoms with Gasteiger partial charge in [-0.1, -0.05) is 19.9 Å². The van der Waals surface area contributed by atoms with Gasteiger partial charge in [0.15, 0.2) is 0 Å². The van der Waals surface area contributed by atoms with Crippen LogP contribution < -0.4 is 0 Å². The summed E-state index contributed by atoms with van der Waals surface area (Å²) >= 11 is 0. The van der Waals surface area contributed by atoms with Crippen LogP contribution in [0.5, 0.6) is 0 Å². The Morgan fingerprint density at radius 3 is 2.41 bits per heavy atom. The first-order valence-corrected chi connectivity index (χ1v) is 6.23. The Balaban J connectivity index is 3.10. The predicted octanol–water partition coefficient (Wildman–Crippen LogP) is 2.63. The molecule has 1 rings (SSSR count). The topological polar surface area (TPSA) is 40.5 Å². The Kier molecular flexibility index (Phi) is 3.72. The lowest BCUT2D eigenvalue weighted by Gasteiger charge is -2.57. The molecule has 0 bridgehead atoms. The summed E-state index contributed by atoms with van der Waals surface area (Å²) in [6, 6.07) is 0. The maximum Gasteiger partial charge on any atom is 0.310 e. The summed E-state index contributed by atoms with van der Waals surface area (Å²) in [5.74, 6) is -1.06. The van der Waals surface area contributed by atoms with Crippen molar-refractivity contribution < 1.29 is 9.90 Å². The number of hydrogen-bond donors (Lipinski definition) is 1. The Bertz CT molecular complexity index is 320. The molecule has 1 heterocycles. The highest BCUT2D eigenvalue weighted by Crippen LogP contribution is 2.49. The van der Waals surface area contributed by atoms with E-state index in [-0.39, 0.29) is 16.9 Å². The zero-order chi connectivity index (χ0) is 13.4. The molecule has 0 spiro atoms. The molecule has 2 unspecified atom stereocenters. The van der Waals surface area contributed by atoms with E-state index in [1.54, 1.807) is 6.08 Å². The predicted molar refractivity (Wildman–Crippen MR) is 69.9 cm³/mol. The summed E-state index contributed by atoms with van der Waals surface area (Å²) in [7, 11) is 2.11. The molecule has 98 valence electrons. The van der Waals surface area contributed by atoms with Gasteiger partial charge in [0.25, 0.3) is 0 Å². The maximum absolute atomic E-state index is 11.3. The normalized spacial score (nSPS) is 29.6. The van der Waals surface area contributed by atoms with E-state index in [4.69, 9.17) is 0 Å². The quantitative estimate of drug-likeness (QED) is 0.770. The van der Waals surface area contributed by atoms with Crippen LogP contribution >= 0.6 is 0 Å². The average Bonchev–Trinajstić information content (AvgIpc) is 2.20. The lowest BCUT2D eigenvalue weighted by atomic mass is 9.58. The number of aliphatic carboxylic acids is 1. The van der Waals surface area contributed by atoms with Gasteiger partial charge in [0.05, 0.1) is 5.92 Å². The van der Waals surface area contributed by atoms with E-state index in [1.807, 2.05) is 0 Å². The van der Waals surface area contributed by atoms with Crippen LogP contribution in [0.2, 0.25) is 0 Å². The van der Waals surface area contributed by atoms with Gasteiger partial charge in [0, 0.05) is 5.54 Å². The van der Waals surface area contributed by atoms with Crippen LogP contribution in [0, 0.1) is 17.3 Å². The molecule has 0 aromatic rings. The molecule has 1 aliphatic heterocycles. The van der Waals surface area contributed by atoms with Gasteiger partial charge < -0.3 is 10.0 Å². The van der Waals surface area contributed by atoms with E-state index in [9.17, 15) is 9.90 Å². The fourth-order valence-electron chi connectivity index (χ4n) is 2.98. The molecule has 0 saturated carbocycles. The zero-order valence-electron chi connectivity index (χ0n) is 11.7. The Hall–Kier alpha value is -0.830. The van der Waals surface area contributed by atoms with Crippen molar-refractivity contribution in [1.82, 2.24) is 4.90 Å². The first kappa shape index (κ1) is 14.2. The molecule has 0 aromatic heterocycles. The van der Waals surface area contributed by atoms with Crippen molar-refractivity contribution in [3.8, 4) is 0 Å². The van der Waals surface area contributed by atoms with Gasteiger partial charge in [0.1, 0.15) is 0 Å². The van der Waals surface area contributed by atoms with Crippen molar-refractivity contribution >= 4 is 5.97 Å². The molecular formula is C14H25NO2. The van der Waals surface area contributed by atoms with Gasteiger partial charge in [0.2, 0.25) is 0 Å². The number of hydrogen-bond acceptors (Lipinski definition) is 2. The molecule has 0 amide bonds. The molecule has 0 radical (unpaired) electrons. The third-order valence-electron chi connectivity index (χ3n) is 5.21. The van der Waals surface area contributed by atoms with Crippen LogP contribution in [0.4, 0.5) is 0 Å². The standard InChI is InChI=1S/C14H25NO2/c1-7-10(12(16)17)11-8-9-15(6)14(4,5)13(11,2)3/h7,10-11H,1,8-9H2,2-6H3,(H,16,17). The number of rotatable bonds is 3. The van der Waals surface area contributed by atoms with E-state index < -0.39 is 11.9 Å². The summed E-state index contributed by atoms with van der Waals surface area (Å²) in [5.41, 5.74) is -0.0656. The SMILES string of the molecule is C=CC(C(=O)O)C1CCN(C)C(C)(C)C1(C)C. The second-order valence-corrected chi connectivity index (χ2v) is 6.20. The van der Waals surface area contributed by atoms with E-state index in [1.165, 1.54) is 0 Å². The smallest absolute Gasteiger partial charge is 0.310 e. The molecule has 0 aromatic carbocycles. The zero-order valence-corrected chi connectivity index (χ0v) is 11.7. The van der Waals surface area contributed by atoms with Crippen molar-refractivity contribution in [2.75, 3.05) is 13.6 Å². The molecule has 0 aliphatic carbocycles. The molecule has 1 saturated heterocycles. The summed E-state index contributed by atoms with van der Waals surface area (Å²) in [4.78, 5) is 13.7. The highest BCUT2D eigenvalue weighted by atomic mass is 16.4. The number of nitrogens with zero attached hydrogens (tertiary/aromatic N) is 1. The van der Waals surface area contributed by atoms with Gasteiger partial charge in [-0.25, -0.2) is 0 Å². The highest BCUT2D eigenvalue weighted by Gasteiger charge is 2.51. The molecular weight excluding hydrogens is 214 g/mol. The fourth-order valence-corrected chi connectivity index (χ4v) is 2.98. The van der Waals surface area contributed by atoms with Crippen molar-refractivity contribution in [3.05, 3.63) is 12.7 Å². The Morgan fingerprint density at radius 2 is 2.00 bits per heavy atom. The summed E-state index contributed by atoms with van der Waals surface area (Å²) in [6.45, 7) is 13.4. The van der Waals surface area contributed by atoms with Crippen LogP contribution in [0.1, 0.15) is 34.1 Å². The molecule has 1 N–H and O–H groups in total. The van der Waals surface area contributed by atoms with Gasteiger partial charge in [-0.3, -0.25) is 4.79 Å². The molecule has 17 heavy (non-hydrogen) atoms. The number of carboxylic acids is 1. The van der Waals surface area contributed by atoms with E-state index in [0.29, 0.717) is 0 Å². The largest absolute Gasteiger partial charge is 0.481 e. The molecule has 1 fully saturated rings. The van der Waals surface area contributed by atoms with E-state index in [2.05, 4.69) is 46.2 Å². The van der Waals surface area contributed by atoms with Gasteiger partial charge in [-0.2, -0.15) is 0 Å². The van der Waals surface area contributed by atoms with E-state index in [0.717, 1.165) is 13.0 Å². The van der Waals surface area contributed by atoms with Gasteiger partial charge >= 0.3 is 5.97 Å². The molecule has 2 atom stereocenters. The second kappa shape index (κ2) is 4.45. The minimum absolute atomic E-state index is 0.00731. The van der Waals surface area contributed by atoms with Crippen LogP contribution in [-0.4, -0.2) is 35.1 Å². The molecule has 3 heteroatoms. The second-order valence-electron chi connectivity index (χ2n) is 6.20. The third-order valence-corrected chi connectivity index (χ3v) is 5.21. The first-order valence-electron chi connectivity index (χ1n) is 6.23. The number of likely N-dealkylation sites (tertiary alicyclic amines) is 1. The number of carbonyl (C=O) groups is 1. The minimum atomic E-state index is -0.751. The van der Waals surface area contributed by atoms with Crippen molar-refractivity contribution in [3.63, 3.8) is 0 Å². The van der Waals surface area contributed by atoms with Crippen LogP contribution in [0.3, 0.4) is 0 Å². The molecule has 3 nitrogen and oxygen atoms in total. The summed E-state index contributed by atoms with van der Waals surface area (Å²) in [6.07, 6.45) is 2.51. The lowest BCUT2D eigenvalue weighted by molar-refractivity contribution is -0.148. The maximum atomic E-state index is 11.3. The van der Waals surface area contributed by atoms with Crippen molar-refractivity contribution in [2.45, 2.75) is 39.7 Å². The molecule has 1 aliphatic rings. The lowest BCUT2D eigenvalue weighted by Crippen LogP contribution is -2.61. The Labute approximate surface area is 105 Å². The monoisotopic (exact) mass is 239 g/mol. The summed E-state index contributed by atoms with van der Waals surface area (Å²) < 4.78 is 0. The van der Waals surface area contributed by atoms with Crippen LogP contribution in [-0.2, 0) is 4.79 Å². The first-order chi connectivity index (χ1) is 7.66. The Morgan fingerprint density at radius 1 is 1.47 bits per heavy atom. The van der Waals surface area contributed by atoms with Crippen LogP contribution in [0.25, 0.3) is 0 Å². The third kappa shape index (κ3) is 2.13. The minimum Gasteiger partial charge on any atom is -0.481 e. The van der Waals surface area contributed by atoms with Gasteiger partial charge in [-0.15, -0.1) is 6.58 Å². The average molecular weight is 239 g/mol. The highest BCUT2D eigenvalue weighted by molar-refractivity contribution is 5.72. The fraction of sp³-hybridized carbons (Fsp3) is 0.786. The summed E-state index contributed by atoms with van der Waals surface area (Å²) in [5, 5.41) is 9.31. The van der Waals surface area contributed by atoms with Crippen molar-refractivity contribution in [1.29, 1.82) is 0 Å². The van der Waals surface area contributed by atoms with E-state index >= 15 is 0 Å². The number of piperidine rings is 1. The number of carboxylic acid groups (broad SMARTS) is 1.